The minimum Gasteiger partial charge on any atom is -0.493 e. The highest BCUT2D eigenvalue weighted by Gasteiger charge is 2.41. The van der Waals surface area contributed by atoms with Crippen molar-refractivity contribution in [2.24, 2.45) is 5.92 Å². The highest BCUT2D eigenvalue weighted by atomic mass is 35.5. The summed E-state index contributed by atoms with van der Waals surface area (Å²) in [4.78, 5) is 32.5. The number of ketones is 1. The van der Waals surface area contributed by atoms with Gasteiger partial charge in [-0.1, -0.05) is 24.3 Å². The van der Waals surface area contributed by atoms with Crippen molar-refractivity contribution in [1.29, 1.82) is 0 Å². The van der Waals surface area contributed by atoms with E-state index in [-0.39, 0.29) is 55.0 Å². The maximum atomic E-state index is 13.2. The molecule has 2 aromatic rings. The summed E-state index contributed by atoms with van der Waals surface area (Å²) in [5.74, 6) is 0.701. The van der Waals surface area contributed by atoms with Crippen molar-refractivity contribution in [3.63, 3.8) is 0 Å². The zero-order valence-electron chi connectivity index (χ0n) is 21.8. The molecule has 5 rings (SSSR count). The summed E-state index contributed by atoms with van der Waals surface area (Å²) in [7, 11) is 0. The van der Waals surface area contributed by atoms with Gasteiger partial charge >= 0.3 is 0 Å². The second-order valence-corrected chi connectivity index (χ2v) is 10.4. The van der Waals surface area contributed by atoms with Crippen LogP contribution in [0.1, 0.15) is 77.4 Å². The number of hydrogen-bond acceptors (Lipinski definition) is 6. The molecular formula is C29H38Cl2N2O5. The molecule has 0 spiro atoms. The zero-order chi connectivity index (χ0) is 25.1. The highest BCUT2D eigenvalue weighted by Crippen LogP contribution is 2.32. The molecule has 0 saturated carbocycles. The van der Waals surface area contributed by atoms with Gasteiger partial charge in [-0.15, -0.1) is 24.8 Å². The fraction of sp³-hybridized carbons (Fsp3) is 0.552. The Morgan fingerprint density at radius 3 is 2.39 bits per heavy atom. The van der Waals surface area contributed by atoms with E-state index in [4.69, 9.17) is 9.47 Å². The maximum Gasteiger partial charge on any atom is 0.273 e. The van der Waals surface area contributed by atoms with Gasteiger partial charge < -0.3 is 19.5 Å². The predicted molar refractivity (Wildman–Crippen MR) is 150 cm³/mol. The van der Waals surface area contributed by atoms with Crippen LogP contribution in [0, 0.1) is 5.92 Å². The molecule has 208 valence electrons. The number of morpholine rings is 1. The smallest absolute Gasteiger partial charge is 0.273 e. The SMILES string of the molecule is CCOc1cc(C(=O)N2C3CCC2COC3)ncc1C(=O)CC[C@@H](O)CCC1Cc2ccccc2C1.Cl.Cl. The van der Waals surface area contributed by atoms with E-state index in [2.05, 4.69) is 29.2 Å². The number of aromatic nitrogens is 1. The molecule has 38 heavy (non-hydrogen) atoms. The normalized spacial score (nSPS) is 20.7. The first-order valence-electron chi connectivity index (χ1n) is 13.3. The standard InChI is InChI=1S/C29H36N2O5.2ClH/c1-2-36-28-15-26(29(34)31-22-8-9-23(31)18-35-17-22)30-16-25(28)27(33)12-11-24(32)10-7-19-13-20-5-3-4-6-21(20)14-19;;/h3-6,15-16,19,22-24,32H,2,7-14,17-18H2,1H3;2*1H/t22?,23?,24-;;/m0../s1. The monoisotopic (exact) mass is 564 g/mol. The summed E-state index contributed by atoms with van der Waals surface area (Å²) in [6, 6.07) is 10.3. The number of pyridine rings is 1. The summed E-state index contributed by atoms with van der Waals surface area (Å²) >= 11 is 0. The van der Waals surface area contributed by atoms with Gasteiger partial charge in [0.05, 0.1) is 43.6 Å². The summed E-state index contributed by atoms with van der Waals surface area (Å²) in [5.41, 5.74) is 3.51. The lowest BCUT2D eigenvalue weighted by molar-refractivity contribution is -0.00748. The van der Waals surface area contributed by atoms with Crippen LogP contribution in [0.15, 0.2) is 36.5 Å². The van der Waals surface area contributed by atoms with Crippen LogP contribution in [0.25, 0.3) is 0 Å². The van der Waals surface area contributed by atoms with E-state index in [0.29, 0.717) is 55.6 Å². The lowest BCUT2D eigenvalue weighted by Gasteiger charge is -2.34. The number of ether oxygens (including phenoxy) is 2. The molecule has 7 nitrogen and oxygen atoms in total. The Bertz CT molecular complexity index is 1070. The number of carbonyl (C=O) groups is 2. The Kier molecular flexibility index (Phi) is 11.0. The third kappa shape index (κ3) is 6.68. The van der Waals surface area contributed by atoms with E-state index in [1.165, 1.54) is 17.3 Å². The van der Waals surface area contributed by atoms with Crippen LogP contribution in [0.5, 0.6) is 5.75 Å². The lowest BCUT2D eigenvalue weighted by atomic mass is 9.95. The van der Waals surface area contributed by atoms with E-state index in [0.717, 1.165) is 32.1 Å². The number of fused-ring (bicyclic) bond motifs is 3. The molecule has 1 aliphatic carbocycles. The molecule has 2 unspecified atom stereocenters. The molecule has 9 heteroatoms. The summed E-state index contributed by atoms with van der Waals surface area (Å²) in [6.45, 7) is 3.36. The van der Waals surface area contributed by atoms with Gasteiger partial charge in [0.15, 0.2) is 5.78 Å². The fourth-order valence-corrected chi connectivity index (χ4v) is 5.99. The van der Waals surface area contributed by atoms with Crippen LogP contribution < -0.4 is 4.74 Å². The van der Waals surface area contributed by atoms with Crippen molar-refractivity contribution in [2.45, 2.75) is 76.5 Å². The number of halogens is 2. The quantitative estimate of drug-likeness (QED) is 0.415. The fourth-order valence-electron chi connectivity index (χ4n) is 5.99. The number of rotatable bonds is 10. The molecule has 3 aliphatic rings. The Morgan fingerprint density at radius 1 is 1.11 bits per heavy atom. The molecule has 1 aromatic carbocycles. The van der Waals surface area contributed by atoms with Crippen molar-refractivity contribution >= 4 is 36.5 Å². The van der Waals surface area contributed by atoms with Gasteiger partial charge in [-0.05, 0) is 68.9 Å². The first kappa shape index (κ1) is 30.4. The van der Waals surface area contributed by atoms with Crippen molar-refractivity contribution in [3.05, 3.63) is 58.9 Å². The highest BCUT2D eigenvalue weighted by molar-refractivity contribution is 6.00. The van der Waals surface area contributed by atoms with Gasteiger partial charge in [0, 0.05) is 18.7 Å². The molecule has 0 radical (unpaired) electrons. The van der Waals surface area contributed by atoms with Crippen LogP contribution in [0.4, 0.5) is 0 Å². The predicted octanol–water partition coefficient (Wildman–Crippen LogP) is 4.85. The van der Waals surface area contributed by atoms with Crippen molar-refractivity contribution in [3.8, 4) is 5.75 Å². The zero-order valence-corrected chi connectivity index (χ0v) is 23.5. The van der Waals surface area contributed by atoms with Gasteiger partial charge in [0.1, 0.15) is 11.4 Å². The Morgan fingerprint density at radius 2 is 1.76 bits per heavy atom. The molecule has 1 amide bonds. The lowest BCUT2D eigenvalue weighted by Crippen LogP contribution is -2.49. The van der Waals surface area contributed by atoms with E-state index in [1.807, 2.05) is 11.8 Å². The van der Waals surface area contributed by atoms with Gasteiger partial charge in [0.25, 0.3) is 5.91 Å². The van der Waals surface area contributed by atoms with E-state index in [9.17, 15) is 14.7 Å². The maximum absolute atomic E-state index is 13.2. The Balaban J connectivity index is 0.00000200. The molecule has 2 bridgehead atoms. The Hall–Kier alpha value is -2.19. The number of amides is 1. The van der Waals surface area contributed by atoms with Crippen LogP contribution in [0.2, 0.25) is 0 Å². The molecule has 3 atom stereocenters. The van der Waals surface area contributed by atoms with Gasteiger partial charge in [-0.3, -0.25) is 14.6 Å². The summed E-state index contributed by atoms with van der Waals surface area (Å²) in [5, 5.41) is 10.6. The second-order valence-electron chi connectivity index (χ2n) is 10.4. The average Bonchev–Trinajstić information content (AvgIpc) is 3.42. The first-order valence-corrected chi connectivity index (χ1v) is 13.3. The van der Waals surface area contributed by atoms with Crippen molar-refractivity contribution in [1.82, 2.24) is 9.88 Å². The van der Waals surface area contributed by atoms with Crippen LogP contribution in [-0.4, -0.2) is 64.7 Å². The van der Waals surface area contributed by atoms with E-state index >= 15 is 0 Å². The third-order valence-electron chi connectivity index (χ3n) is 7.91. The molecule has 2 fully saturated rings. The number of nitrogens with zero attached hydrogens (tertiary/aromatic N) is 2. The van der Waals surface area contributed by atoms with Crippen LogP contribution in [0.3, 0.4) is 0 Å². The topological polar surface area (TPSA) is 89.0 Å². The van der Waals surface area contributed by atoms with E-state index in [1.54, 1.807) is 6.07 Å². The Labute approximate surface area is 237 Å². The van der Waals surface area contributed by atoms with Crippen molar-refractivity contribution in [2.75, 3.05) is 19.8 Å². The second kappa shape index (κ2) is 13.7. The van der Waals surface area contributed by atoms with Crippen LogP contribution in [-0.2, 0) is 17.6 Å². The van der Waals surface area contributed by atoms with E-state index < -0.39 is 6.10 Å². The molecule has 1 N–H and O–H groups in total. The number of aliphatic hydroxyl groups is 1. The molecule has 2 aliphatic heterocycles. The molecular weight excluding hydrogens is 527 g/mol. The van der Waals surface area contributed by atoms with Gasteiger partial charge in [-0.2, -0.15) is 0 Å². The summed E-state index contributed by atoms with van der Waals surface area (Å²) < 4.78 is 11.3. The van der Waals surface area contributed by atoms with Crippen LogP contribution >= 0.6 is 24.8 Å². The number of carbonyl (C=O) groups excluding carboxylic acids is 2. The third-order valence-corrected chi connectivity index (χ3v) is 7.91. The first-order chi connectivity index (χ1) is 17.5. The molecule has 1 aromatic heterocycles. The largest absolute Gasteiger partial charge is 0.493 e. The number of aliphatic hydroxyl groups excluding tert-OH is 1. The minimum atomic E-state index is -0.515. The number of benzene rings is 1. The number of hydrogen-bond donors (Lipinski definition) is 1. The molecule has 2 saturated heterocycles. The number of Topliss-reactive ketones (excluding diaryl/α,β-unsaturated/α-hetero) is 1. The van der Waals surface area contributed by atoms with Gasteiger partial charge in [0.2, 0.25) is 0 Å². The molecule has 3 heterocycles. The average molecular weight is 566 g/mol. The van der Waals surface area contributed by atoms with Gasteiger partial charge in [-0.25, -0.2) is 0 Å². The summed E-state index contributed by atoms with van der Waals surface area (Å²) in [6.07, 6.45) is 7.25. The van der Waals surface area contributed by atoms with Crippen molar-refractivity contribution < 1.29 is 24.2 Å². The minimum absolute atomic E-state index is 0.